The van der Waals surface area contributed by atoms with E-state index in [1.54, 1.807) is 0 Å². The van der Waals surface area contributed by atoms with Crippen molar-refractivity contribution in [2.24, 2.45) is 0 Å². The highest BCUT2D eigenvalue weighted by Gasteiger charge is 2.40. The van der Waals surface area contributed by atoms with Crippen LogP contribution in [0.5, 0.6) is 0 Å². The molecule has 1 fully saturated rings. The third-order valence-electron chi connectivity index (χ3n) is 2.80. The van der Waals surface area contributed by atoms with Crippen molar-refractivity contribution in [3.8, 4) is 0 Å². The fourth-order valence-corrected chi connectivity index (χ4v) is 1.90. The van der Waals surface area contributed by atoms with Crippen molar-refractivity contribution in [3.63, 3.8) is 0 Å². The standard InChI is InChI=1S/C10H12N2O5/c1-16-6-4-8(10(14)15)12(5-6)9(13)7-2-3-17-11-7/h2-3,6,8H,4-5H2,1H3,(H,14,15). The summed E-state index contributed by atoms with van der Waals surface area (Å²) < 4.78 is 9.66. The molecule has 0 saturated carbocycles. The third-order valence-corrected chi connectivity index (χ3v) is 2.80. The molecule has 0 aliphatic carbocycles. The van der Waals surface area contributed by atoms with Crippen LogP contribution in [-0.2, 0) is 9.53 Å². The highest BCUT2D eigenvalue weighted by atomic mass is 16.5. The van der Waals surface area contributed by atoms with Crippen molar-refractivity contribution in [1.29, 1.82) is 0 Å². The number of carboxylic acid groups (broad SMARTS) is 1. The summed E-state index contributed by atoms with van der Waals surface area (Å²) in [6.07, 6.45) is 1.30. The zero-order chi connectivity index (χ0) is 12.4. The van der Waals surface area contributed by atoms with Gasteiger partial charge in [-0.1, -0.05) is 5.16 Å². The molecule has 17 heavy (non-hydrogen) atoms. The van der Waals surface area contributed by atoms with Crippen LogP contribution in [-0.4, -0.2) is 52.8 Å². The van der Waals surface area contributed by atoms with Crippen molar-refractivity contribution in [2.75, 3.05) is 13.7 Å². The molecule has 1 saturated heterocycles. The van der Waals surface area contributed by atoms with Crippen LogP contribution in [0.4, 0.5) is 0 Å². The number of rotatable bonds is 3. The molecule has 1 aliphatic rings. The normalized spacial score (nSPS) is 23.9. The van der Waals surface area contributed by atoms with Gasteiger partial charge in [-0.2, -0.15) is 0 Å². The van der Waals surface area contributed by atoms with E-state index in [1.807, 2.05) is 0 Å². The van der Waals surface area contributed by atoms with Crippen LogP contribution in [0.15, 0.2) is 16.9 Å². The Hall–Kier alpha value is -1.89. The predicted octanol–water partition coefficient (Wildman–Crippen LogP) is -0.0113. The van der Waals surface area contributed by atoms with Crippen molar-refractivity contribution >= 4 is 11.9 Å². The first-order valence-electron chi connectivity index (χ1n) is 5.10. The molecule has 0 radical (unpaired) electrons. The Labute approximate surface area is 96.9 Å². The van der Waals surface area contributed by atoms with E-state index in [1.165, 1.54) is 24.3 Å². The van der Waals surface area contributed by atoms with Gasteiger partial charge in [0.15, 0.2) is 5.69 Å². The van der Waals surface area contributed by atoms with Crippen molar-refractivity contribution in [2.45, 2.75) is 18.6 Å². The van der Waals surface area contributed by atoms with E-state index in [4.69, 9.17) is 9.84 Å². The number of ether oxygens (including phenoxy) is 1. The lowest BCUT2D eigenvalue weighted by Crippen LogP contribution is -2.40. The number of aliphatic carboxylic acids is 1. The van der Waals surface area contributed by atoms with Gasteiger partial charge in [-0.3, -0.25) is 4.79 Å². The second kappa shape index (κ2) is 4.54. The largest absolute Gasteiger partial charge is 0.480 e. The molecule has 7 heteroatoms. The second-order valence-corrected chi connectivity index (χ2v) is 3.79. The van der Waals surface area contributed by atoms with Crippen molar-refractivity contribution in [3.05, 3.63) is 18.0 Å². The minimum Gasteiger partial charge on any atom is -0.480 e. The van der Waals surface area contributed by atoms with Gasteiger partial charge in [0.1, 0.15) is 12.3 Å². The summed E-state index contributed by atoms with van der Waals surface area (Å²) in [6, 6.07) is 0.533. The number of aromatic nitrogens is 1. The van der Waals surface area contributed by atoms with Gasteiger partial charge < -0.3 is 19.3 Å². The molecule has 2 rings (SSSR count). The Morgan fingerprint density at radius 3 is 2.94 bits per heavy atom. The summed E-state index contributed by atoms with van der Waals surface area (Å²) in [7, 11) is 1.49. The monoisotopic (exact) mass is 240 g/mol. The molecule has 1 N–H and O–H groups in total. The van der Waals surface area contributed by atoms with Gasteiger partial charge in [0.2, 0.25) is 0 Å². The lowest BCUT2D eigenvalue weighted by molar-refractivity contribution is -0.141. The molecule has 2 heterocycles. The fraction of sp³-hybridized carbons (Fsp3) is 0.500. The van der Waals surface area contributed by atoms with E-state index < -0.39 is 17.9 Å². The highest BCUT2D eigenvalue weighted by Crippen LogP contribution is 2.22. The first-order chi connectivity index (χ1) is 8.13. The van der Waals surface area contributed by atoms with Crippen molar-refractivity contribution < 1.29 is 24.0 Å². The smallest absolute Gasteiger partial charge is 0.326 e. The summed E-state index contributed by atoms with van der Waals surface area (Å²) in [4.78, 5) is 24.3. The minimum atomic E-state index is -1.04. The van der Waals surface area contributed by atoms with Gasteiger partial charge in [0, 0.05) is 26.1 Å². The molecule has 7 nitrogen and oxygen atoms in total. The van der Waals surface area contributed by atoms with E-state index in [0.29, 0.717) is 0 Å². The Balaban J connectivity index is 2.18. The maximum absolute atomic E-state index is 12.0. The van der Waals surface area contributed by atoms with Gasteiger partial charge in [-0.25, -0.2) is 4.79 Å². The quantitative estimate of drug-likeness (QED) is 0.798. The summed E-state index contributed by atoms with van der Waals surface area (Å²) in [6.45, 7) is 0.249. The summed E-state index contributed by atoms with van der Waals surface area (Å²) in [5.41, 5.74) is 0.105. The lowest BCUT2D eigenvalue weighted by Gasteiger charge is -2.19. The molecule has 1 aliphatic heterocycles. The molecular weight excluding hydrogens is 228 g/mol. The Morgan fingerprint density at radius 2 is 2.41 bits per heavy atom. The number of carbonyl (C=O) groups excluding carboxylic acids is 1. The van der Waals surface area contributed by atoms with E-state index >= 15 is 0 Å². The van der Waals surface area contributed by atoms with Crippen LogP contribution in [0.25, 0.3) is 0 Å². The second-order valence-electron chi connectivity index (χ2n) is 3.79. The molecular formula is C10H12N2O5. The predicted molar refractivity (Wildman–Crippen MR) is 54.4 cm³/mol. The average molecular weight is 240 g/mol. The summed E-state index contributed by atoms with van der Waals surface area (Å²) >= 11 is 0. The Morgan fingerprint density at radius 1 is 1.65 bits per heavy atom. The molecule has 2 unspecified atom stereocenters. The molecule has 2 atom stereocenters. The minimum absolute atomic E-state index is 0.105. The zero-order valence-electron chi connectivity index (χ0n) is 9.20. The first-order valence-corrected chi connectivity index (χ1v) is 5.10. The zero-order valence-corrected chi connectivity index (χ0v) is 9.20. The number of carbonyl (C=O) groups is 2. The first kappa shape index (κ1) is 11.6. The summed E-state index contributed by atoms with van der Waals surface area (Å²) in [5, 5.41) is 12.6. The van der Waals surface area contributed by atoms with E-state index in [2.05, 4.69) is 9.68 Å². The summed E-state index contributed by atoms with van der Waals surface area (Å²) in [5.74, 6) is -1.49. The van der Waals surface area contributed by atoms with E-state index in [0.717, 1.165) is 0 Å². The van der Waals surface area contributed by atoms with Crippen LogP contribution < -0.4 is 0 Å². The van der Waals surface area contributed by atoms with Gasteiger partial charge in [-0.05, 0) is 0 Å². The molecule has 92 valence electrons. The molecule has 0 bridgehead atoms. The topological polar surface area (TPSA) is 92.9 Å². The SMILES string of the molecule is COC1CC(C(=O)O)N(C(=O)c2ccon2)C1. The van der Waals surface area contributed by atoms with Crippen LogP contribution in [0.1, 0.15) is 16.9 Å². The van der Waals surface area contributed by atoms with Crippen LogP contribution in [0.2, 0.25) is 0 Å². The maximum Gasteiger partial charge on any atom is 0.326 e. The molecule has 1 aromatic heterocycles. The Kier molecular flexibility index (Phi) is 3.10. The number of hydrogen-bond donors (Lipinski definition) is 1. The average Bonchev–Trinajstić information content (AvgIpc) is 2.97. The van der Waals surface area contributed by atoms with Crippen LogP contribution in [0, 0.1) is 0 Å². The number of methoxy groups -OCH3 is 1. The maximum atomic E-state index is 12.0. The van der Waals surface area contributed by atoms with E-state index in [-0.39, 0.29) is 24.8 Å². The van der Waals surface area contributed by atoms with Crippen LogP contribution >= 0.6 is 0 Å². The Bertz CT molecular complexity index is 416. The lowest BCUT2D eigenvalue weighted by atomic mass is 10.2. The molecule has 1 amide bonds. The van der Waals surface area contributed by atoms with Gasteiger partial charge in [-0.15, -0.1) is 0 Å². The molecule has 1 aromatic rings. The molecule has 0 aromatic carbocycles. The number of carboxylic acids is 1. The van der Waals surface area contributed by atoms with Gasteiger partial charge in [0.05, 0.1) is 6.10 Å². The van der Waals surface area contributed by atoms with Crippen molar-refractivity contribution in [1.82, 2.24) is 10.1 Å². The number of amides is 1. The number of hydrogen-bond acceptors (Lipinski definition) is 5. The highest BCUT2D eigenvalue weighted by molar-refractivity contribution is 5.95. The van der Waals surface area contributed by atoms with Gasteiger partial charge >= 0.3 is 5.97 Å². The number of likely N-dealkylation sites (tertiary alicyclic amines) is 1. The van der Waals surface area contributed by atoms with Gasteiger partial charge in [0.25, 0.3) is 5.91 Å². The fourth-order valence-electron chi connectivity index (χ4n) is 1.90. The van der Waals surface area contributed by atoms with Crippen LogP contribution in [0.3, 0.4) is 0 Å². The third kappa shape index (κ3) is 2.14. The van der Waals surface area contributed by atoms with E-state index in [9.17, 15) is 9.59 Å². The number of nitrogens with zero attached hydrogens (tertiary/aromatic N) is 2. The molecule has 0 spiro atoms.